The second kappa shape index (κ2) is 6.13. The van der Waals surface area contributed by atoms with Crippen LogP contribution in [-0.2, 0) is 9.53 Å². The Bertz CT molecular complexity index is 887. The highest BCUT2D eigenvalue weighted by Gasteiger charge is 2.77. The second-order valence-electron chi connectivity index (χ2n) is 14.6. The van der Waals surface area contributed by atoms with Gasteiger partial charge in [0.05, 0.1) is 12.2 Å². The summed E-state index contributed by atoms with van der Waals surface area (Å²) in [6.45, 7) is 18.3. The first-order chi connectivity index (χ1) is 14.9. The molecule has 1 aliphatic heterocycles. The Morgan fingerprint density at radius 3 is 2.44 bits per heavy atom. The molecule has 0 aromatic heterocycles. The molecule has 5 aliphatic carbocycles. The smallest absolute Gasteiger partial charge is 0.138 e. The number of hydrogen-bond donors (Lipinski definition) is 0. The van der Waals surface area contributed by atoms with E-state index >= 15 is 0 Å². The minimum atomic E-state index is -0.183. The van der Waals surface area contributed by atoms with E-state index in [0.29, 0.717) is 29.0 Å². The fourth-order valence-electron chi connectivity index (χ4n) is 11.4. The maximum Gasteiger partial charge on any atom is 0.138 e. The summed E-state index contributed by atoms with van der Waals surface area (Å²) in [7, 11) is 0. The zero-order valence-electron chi connectivity index (χ0n) is 21.7. The van der Waals surface area contributed by atoms with E-state index in [0.717, 1.165) is 31.3 Å². The van der Waals surface area contributed by atoms with E-state index in [1.807, 2.05) is 0 Å². The molecule has 0 N–H and O–H groups in total. The van der Waals surface area contributed by atoms with Crippen LogP contribution in [0.1, 0.15) is 99.8 Å². The number of ether oxygens (including phenoxy) is 1. The van der Waals surface area contributed by atoms with E-state index in [2.05, 4.69) is 60.6 Å². The van der Waals surface area contributed by atoms with E-state index in [4.69, 9.17) is 4.74 Å². The van der Waals surface area contributed by atoms with Crippen LogP contribution < -0.4 is 0 Å². The standard InChI is InChI=1S/C30H46O2/c1-19-8-14-29-17-16-28(7)27(6)13-9-21-25(3,4)23(31)11-12-26(21,5)22(27)10-15-30(28,32-18-29)24(29)20(19)2/h10,15,19-22,24H,8-9,11-14,16-18H2,1-7H3/t19-,20+,21+,22-,24-,26+,27-,28+,29-,30+/m1/s1. The predicted molar refractivity (Wildman–Crippen MR) is 129 cm³/mol. The van der Waals surface area contributed by atoms with Gasteiger partial charge >= 0.3 is 0 Å². The molecule has 0 aromatic rings. The van der Waals surface area contributed by atoms with Crippen molar-refractivity contribution < 1.29 is 9.53 Å². The molecule has 32 heavy (non-hydrogen) atoms. The van der Waals surface area contributed by atoms with E-state index < -0.39 is 0 Å². The van der Waals surface area contributed by atoms with Crippen molar-refractivity contribution in [1.82, 2.24) is 0 Å². The highest BCUT2D eigenvalue weighted by atomic mass is 16.5. The van der Waals surface area contributed by atoms with Gasteiger partial charge in [-0.15, -0.1) is 0 Å². The number of fused-ring (bicyclic) bond motifs is 4. The number of carbonyl (C=O) groups excluding carboxylic acids is 1. The Morgan fingerprint density at radius 1 is 0.938 bits per heavy atom. The van der Waals surface area contributed by atoms with Crippen molar-refractivity contribution in [2.45, 2.75) is 105 Å². The van der Waals surface area contributed by atoms with Crippen LogP contribution in [0, 0.1) is 56.7 Å². The van der Waals surface area contributed by atoms with Crippen LogP contribution >= 0.6 is 0 Å². The monoisotopic (exact) mass is 438 g/mol. The molecule has 1 saturated heterocycles. The van der Waals surface area contributed by atoms with Crippen LogP contribution in [0.15, 0.2) is 12.2 Å². The van der Waals surface area contributed by atoms with Crippen molar-refractivity contribution >= 4 is 5.78 Å². The number of rotatable bonds is 0. The summed E-state index contributed by atoms with van der Waals surface area (Å²) in [5, 5.41) is 0. The zero-order chi connectivity index (χ0) is 22.9. The molecule has 0 amide bonds. The van der Waals surface area contributed by atoms with Crippen LogP contribution in [0.4, 0.5) is 0 Å². The molecule has 2 bridgehead atoms. The van der Waals surface area contributed by atoms with Gasteiger partial charge in [0, 0.05) is 23.2 Å². The van der Waals surface area contributed by atoms with Crippen molar-refractivity contribution in [3.05, 3.63) is 12.2 Å². The summed E-state index contributed by atoms with van der Waals surface area (Å²) in [5.41, 5.74) is 0.768. The zero-order valence-corrected chi connectivity index (χ0v) is 21.7. The van der Waals surface area contributed by atoms with Gasteiger partial charge in [-0.05, 0) is 84.9 Å². The maximum absolute atomic E-state index is 12.9. The number of Topliss-reactive ketones (excluding diaryl/α,β-unsaturated/α-hetero) is 1. The highest BCUT2D eigenvalue weighted by molar-refractivity contribution is 5.85. The van der Waals surface area contributed by atoms with Gasteiger partial charge in [0.25, 0.3) is 0 Å². The summed E-state index contributed by atoms with van der Waals surface area (Å²) in [6, 6.07) is 0. The fraction of sp³-hybridized carbons (Fsp3) is 0.900. The van der Waals surface area contributed by atoms with Gasteiger partial charge in [-0.2, -0.15) is 0 Å². The molecule has 6 aliphatic rings. The topological polar surface area (TPSA) is 26.3 Å². The Labute approximate surface area is 196 Å². The second-order valence-corrected chi connectivity index (χ2v) is 14.6. The van der Waals surface area contributed by atoms with Gasteiger partial charge in [-0.1, -0.05) is 60.6 Å². The lowest BCUT2D eigenvalue weighted by molar-refractivity contribution is -0.236. The molecular formula is C30H46O2. The third-order valence-corrected chi connectivity index (χ3v) is 13.6. The minimum Gasteiger partial charge on any atom is -0.369 e. The summed E-state index contributed by atoms with van der Waals surface area (Å²) < 4.78 is 7.13. The molecule has 1 spiro atoms. The van der Waals surface area contributed by atoms with E-state index in [9.17, 15) is 4.79 Å². The van der Waals surface area contributed by atoms with Gasteiger partial charge in [-0.25, -0.2) is 0 Å². The maximum atomic E-state index is 12.9. The SMILES string of the molecule is C[C@H]1[C@H](C)CC[C@@]23CC[C@]4(C)[C@@](C=C[C@@H]5[C@@]6(C)CCC(=O)C(C)(C)[C@@H]6CC[C@]54C)(OC2)[C@H]13. The first kappa shape index (κ1) is 21.9. The van der Waals surface area contributed by atoms with Crippen LogP contribution in [0.2, 0.25) is 0 Å². The van der Waals surface area contributed by atoms with Crippen molar-refractivity contribution in [1.29, 1.82) is 0 Å². The number of ketones is 1. The molecule has 0 unspecified atom stereocenters. The molecule has 5 fully saturated rings. The van der Waals surface area contributed by atoms with Crippen LogP contribution in [0.5, 0.6) is 0 Å². The summed E-state index contributed by atoms with van der Waals surface area (Å²) in [5.74, 6) is 3.74. The number of allylic oxidation sites excluding steroid dienone is 1. The lowest BCUT2D eigenvalue weighted by atomic mass is 9.32. The van der Waals surface area contributed by atoms with Crippen molar-refractivity contribution in [3.63, 3.8) is 0 Å². The van der Waals surface area contributed by atoms with Gasteiger partial charge in [0.15, 0.2) is 0 Å². The minimum absolute atomic E-state index is 0.0895. The molecule has 0 aromatic carbocycles. The molecular weight excluding hydrogens is 392 g/mol. The lowest BCUT2D eigenvalue weighted by Crippen LogP contribution is -2.70. The molecule has 2 nitrogen and oxygen atoms in total. The Hall–Kier alpha value is -0.630. The first-order valence-electron chi connectivity index (χ1n) is 13.7. The summed E-state index contributed by atoms with van der Waals surface area (Å²) in [4.78, 5) is 12.9. The molecule has 2 heteroatoms. The van der Waals surface area contributed by atoms with E-state index in [-0.39, 0.29) is 27.3 Å². The average molecular weight is 439 g/mol. The van der Waals surface area contributed by atoms with Crippen LogP contribution in [-0.4, -0.2) is 18.0 Å². The molecule has 6 rings (SSSR count). The lowest BCUT2D eigenvalue weighted by Gasteiger charge is -2.72. The van der Waals surface area contributed by atoms with E-state index in [1.165, 1.54) is 38.5 Å². The summed E-state index contributed by atoms with van der Waals surface area (Å²) in [6.07, 6.45) is 14.9. The number of carbonyl (C=O) groups is 1. The van der Waals surface area contributed by atoms with E-state index in [1.54, 1.807) is 0 Å². The fourth-order valence-corrected chi connectivity index (χ4v) is 11.4. The molecule has 178 valence electrons. The van der Waals surface area contributed by atoms with Crippen molar-refractivity contribution in [2.75, 3.05) is 6.61 Å². The Kier molecular flexibility index (Phi) is 4.19. The van der Waals surface area contributed by atoms with Gasteiger partial charge in [0.2, 0.25) is 0 Å². The van der Waals surface area contributed by atoms with Gasteiger partial charge < -0.3 is 4.74 Å². The molecule has 1 heterocycles. The third-order valence-electron chi connectivity index (χ3n) is 13.6. The Morgan fingerprint density at radius 2 is 1.69 bits per heavy atom. The molecule has 0 radical (unpaired) electrons. The van der Waals surface area contributed by atoms with Gasteiger partial charge in [0.1, 0.15) is 5.78 Å². The Balaban J connectivity index is 1.50. The predicted octanol–water partition coefficient (Wildman–Crippen LogP) is 7.22. The van der Waals surface area contributed by atoms with Crippen LogP contribution in [0.25, 0.3) is 0 Å². The van der Waals surface area contributed by atoms with Crippen molar-refractivity contribution in [3.8, 4) is 0 Å². The van der Waals surface area contributed by atoms with Gasteiger partial charge in [-0.3, -0.25) is 4.79 Å². The first-order valence-corrected chi connectivity index (χ1v) is 13.7. The number of hydrogen-bond acceptors (Lipinski definition) is 2. The largest absolute Gasteiger partial charge is 0.369 e. The third kappa shape index (κ3) is 2.13. The van der Waals surface area contributed by atoms with Crippen molar-refractivity contribution in [2.24, 2.45) is 56.7 Å². The summed E-state index contributed by atoms with van der Waals surface area (Å²) >= 11 is 0. The highest BCUT2D eigenvalue weighted by Crippen LogP contribution is 2.78. The molecule has 4 saturated carbocycles. The average Bonchev–Trinajstić information content (AvgIpc) is 3.00. The van der Waals surface area contributed by atoms with Crippen LogP contribution in [0.3, 0.4) is 0 Å². The quantitative estimate of drug-likeness (QED) is 0.373. The molecule has 10 atom stereocenters. The normalized spacial score (nSPS) is 60.2.